The van der Waals surface area contributed by atoms with Crippen LogP contribution in [0.25, 0.3) is 0 Å². The number of rotatable bonds is 9. The van der Waals surface area contributed by atoms with E-state index in [4.69, 9.17) is 4.74 Å². The second-order valence-corrected chi connectivity index (χ2v) is 6.89. The maximum Gasteiger partial charge on any atom is 0.162 e. The van der Waals surface area contributed by atoms with Crippen LogP contribution in [0.2, 0.25) is 0 Å². The molecule has 0 saturated carbocycles. The number of Topliss-reactive ketones (excluding diaryl/α,β-unsaturated/α-hetero) is 1. The third-order valence-electron chi connectivity index (χ3n) is 5.03. The molecule has 1 aromatic heterocycles. The molecular formula is C22H29N3O2. The Hall–Kier alpha value is -2.40. The third-order valence-corrected chi connectivity index (χ3v) is 5.03. The largest absolute Gasteiger partial charge is 0.494 e. The Morgan fingerprint density at radius 2 is 1.70 bits per heavy atom. The molecule has 2 heterocycles. The number of nitrogens with zero attached hydrogens (tertiary/aromatic N) is 3. The highest BCUT2D eigenvalue weighted by atomic mass is 16.5. The summed E-state index contributed by atoms with van der Waals surface area (Å²) in [6.07, 6.45) is 6.44. The normalized spacial score (nSPS) is 14.9. The molecule has 0 N–H and O–H groups in total. The van der Waals surface area contributed by atoms with E-state index in [1.165, 1.54) is 5.69 Å². The lowest BCUT2D eigenvalue weighted by atomic mass is 10.1. The maximum absolute atomic E-state index is 11.6. The average Bonchev–Trinajstić information content (AvgIpc) is 2.74. The number of pyridine rings is 1. The molecule has 27 heavy (non-hydrogen) atoms. The van der Waals surface area contributed by atoms with E-state index in [-0.39, 0.29) is 5.78 Å². The monoisotopic (exact) mass is 367 g/mol. The van der Waals surface area contributed by atoms with Crippen molar-refractivity contribution in [2.75, 3.05) is 44.2 Å². The van der Waals surface area contributed by atoms with Crippen LogP contribution < -0.4 is 9.64 Å². The first-order chi connectivity index (χ1) is 13.3. The molecule has 0 atom stereocenters. The second kappa shape index (κ2) is 10.1. The Kier molecular flexibility index (Phi) is 7.22. The Morgan fingerprint density at radius 1 is 1.00 bits per heavy atom. The predicted octanol–water partition coefficient (Wildman–Crippen LogP) is 3.66. The Morgan fingerprint density at radius 3 is 2.37 bits per heavy atom. The molecule has 1 saturated heterocycles. The summed E-state index contributed by atoms with van der Waals surface area (Å²) in [5.74, 6) is 1.01. The minimum absolute atomic E-state index is 0.172. The molecule has 2 aromatic rings. The summed E-state index contributed by atoms with van der Waals surface area (Å²) in [7, 11) is 0. The Bertz CT molecular complexity index is 695. The van der Waals surface area contributed by atoms with Gasteiger partial charge in [0.05, 0.1) is 6.61 Å². The Balaban J connectivity index is 1.29. The van der Waals surface area contributed by atoms with Crippen molar-refractivity contribution in [3.05, 3.63) is 54.4 Å². The topological polar surface area (TPSA) is 45.7 Å². The first-order valence-electron chi connectivity index (χ1n) is 9.89. The number of ether oxygens (including phenoxy) is 1. The minimum Gasteiger partial charge on any atom is -0.494 e. The molecule has 0 radical (unpaired) electrons. The number of aromatic nitrogens is 1. The molecule has 1 aliphatic rings. The van der Waals surface area contributed by atoms with Crippen LogP contribution in [0.1, 0.15) is 36.5 Å². The standard InChI is InChI=1S/C22H29N3O2/c1-2-22(26)19-5-7-21(8-6-19)27-18-4-3-13-24-14-16-25(17-15-24)20-9-11-23-12-10-20/h5-12H,2-4,13-18H2,1H3. The SMILES string of the molecule is CCC(=O)c1ccc(OCCCCN2CCN(c3ccncc3)CC2)cc1. The molecule has 1 fully saturated rings. The van der Waals surface area contributed by atoms with Crippen molar-refractivity contribution in [1.82, 2.24) is 9.88 Å². The molecule has 0 amide bonds. The summed E-state index contributed by atoms with van der Waals surface area (Å²) in [4.78, 5) is 20.7. The van der Waals surface area contributed by atoms with Crippen molar-refractivity contribution < 1.29 is 9.53 Å². The summed E-state index contributed by atoms with van der Waals surface area (Å²) in [5.41, 5.74) is 2.03. The number of hydrogen-bond donors (Lipinski definition) is 0. The average molecular weight is 367 g/mol. The molecule has 0 aliphatic carbocycles. The zero-order valence-corrected chi connectivity index (χ0v) is 16.1. The lowest BCUT2D eigenvalue weighted by Gasteiger charge is -2.36. The number of ketones is 1. The van der Waals surface area contributed by atoms with Crippen LogP contribution in [-0.4, -0.2) is 55.0 Å². The summed E-state index contributed by atoms with van der Waals surface area (Å²) in [5, 5.41) is 0. The highest BCUT2D eigenvalue weighted by Gasteiger charge is 2.16. The summed E-state index contributed by atoms with van der Waals surface area (Å²) in [6.45, 7) is 8.08. The molecular weight excluding hydrogens is 338 g/mol. The van der Waals surface area contributed by atoms with Gasteiger partial charge in [-0.05, 0) is 55.8 Å². The van der Waals surface area contributed by atoms with Crippen LogP contribution in [0.5, 0.6) is 5.75 Å². The van der Waals surface area contributed by atoms with Gasteiger partial charge < -0.3 is 9.64 Å². The van der Waals surface area contributed by atoms with Crippen molar-refractivity contribution in [3.8, 4) is 5.75 Å². The fourth-order valence-electron chi connectivity index (χ4n) is 3.35. The number of carbonyl (C=O) groups excluding carboxylic acids is 1. The zero-order chi connectivity index (χ0) is 18.9. The van der Waals surface area contributed by atoms with Crippen LogP contribution in [0.4, 0.5) is 5.69 Å². The van der Waals surface area contributed by atoms with E-state index in [0.29, 0.717) is 6.42 Å². The Labute approximate surface area is 162 Å². The van der Waals surface area contributed by atoms with E-state index in [0.717, 1.165) is 63.5 Å². The van der Waals surface area contributed by atoms with Crippen LogP contribution in [0.3, 0.4) is 0 Å². The molecule has 144 valence electrons. The number of piperazine rings is 1. The number of benzene rings is 1. The van der Waals surface area contributed by atoms with Crippen molar-refractivity contribution in [3.63, 3.8) is 0 Å². The van der Waals surface area contributed by atoms with Gasteiger partial charge in [-0.1, -0.05) is 6.92 Å². The van der Waals surface area contributed by atoms with Crippen LogP contribution in [-0.2, 0) is 0 Å². The molecule has 1 aliphatic heterocycles. The maximum atomic E-state index is 11.6. The van der Waals surface area contributed by atoms with E-state index < -0.39 is 0 Å². The van der Waals surface area contributed by atoms with Gasteiger partial charge in [-0.25, -0.2) is 0 Å². The molecule has 3 rings (SSSR count). The lowest BCUT2D eigenvalue weighted by Crippen LogP contribution is -2.46. The van der Waals surface area contributed by atoms with Gasteiger partial charge in [-0.15, -0.1) is 0 Å². The fourth-order valence-corrected chi connectivity index (χ4v) is 3.35. The van der Waals surface area contributed by atoms with Gasteiger partial charge in [-0.3, -0.25) is 14.7 Å². The van der Waals surface area contributed by atoms with Gasteiger partial charge >= 0.3 is 0 Å². The van der Waals surface area contributed by atoms with Gasteiger partial charge in [0.15, 0.2) is 5.78 Å². The van der Waals surface area contributed by atoms with Gasteiger partial charge in [0.25, 0.3) is 0 Å². The molecule has 5 heteroatoms. The highest BCUT2D eigenvalue weighted by Crippen LogP contribution is 2.16. The fraction of sp³-hybridized carbons (Fsp3) is 0.455. The number of hydrogen-bond acceptors (Lipinski definition) is 5. The zero-order valence-electron chi connectivity index (χ0n) is 16.1. The van der Waals surface area contributed by atoms with Crippen LogP contribution >= 0.6 is 0 Å². The number of unbranched alkanes of at least 4 members (excludes halogenated alkanes) is 1. The van der Waals surface area contributed by atoms with Crippen molar-refractivity contribution in [2.45, 2.75) is 26.2 Å². The van der Waals surface area contributed by atoms with E-state index in [9.17, 15) is 4.79 Å². The first-order valence-corrected chi connectivity index (χ1v) is 9.89. The van der Waals surface area contributed by atoms with Crippen molar-refractivity contribution >= 4 is 11.5 Å². The molecule has 0 unspecified atom stereocenters. The predicted molar refractivity (Wildman–Crippen MR) is 109 cm³/mol. The molecule has 5 nitrogen and oxygen atoms in total. The minimum atomic E-state index is 0.172. The van der Waals surface area contributed by atoms with Gasteiger partial charge in [-0.2, -0.15) is 0 Å². The van der Waals surface area contributed by atoms with E-state index >= 15 is 0 Å². The highest BCUT2D eigenvalue weighted by molar-refractivity contribution is 5.95. The van der Waals surface area contributed by atoms with Crippen LogP contribution in [0, 0.1) is 0 Å². The molecule has 0 spiro atoms. The summed E-state index contributed by atoms with van der Waals surface area (Å²) < 4.78 is 5.79. The van der Waals surface area contributed by atoms with E-state index in [1.54, 1.807) is 0 Å². The summed E-state index contributed by atoms with van der Waals surface area (Å²) in [6, 6.07) is 11.6. The lowest BCUT2D eigenvalue weighted by molar-refractivity contribution is 0.0988. The van der Waals surface area contributed by atoms with Crippen molar-refractivity contribution in [1.29, 1.82) is 0 Å². The van der Waals surface area contributed by atoms with E-state index in [2.05, 4.69) is 26.9 Å². The molecule has 1 aromatic carbocycles. The first kappa shape index (κ1) is 19.4. The summed E-state index contributed by atoms with van der Waals surface area (Å²) >= 11 is 0. The quantitative estimate of drug-likeness (QED) is 0.500. The van der Waals surface area contributed by atoms with Crippen molar-refractivity contribution in [2.24, 2.45) is 0 Å². The molecule has 0 bridgehead atoms. The number of carbonyl (C=O) groups is 1. The van der Waals surface area contributed by atoms with Crippen LogP contribution in [0.15, 0.2) is 48.8 Å². The third kappa shape index (κ3) is 5.79. The van der Waals surface area contributed by atoms with Gasteiger partial charge in [0.1, 0.15) is 5.75 Å². The second-order valence-electron chi connectivity index (χ2n) is 6.89. The van der Waals surface area contributed by atoms with E-state index in [1.807, 2.05) is 43.6 Å². The number of anilines is 1. The van der Waals surface area contributed by atoms with Gasteiger partial charge in [0.2, 0.25) is 0 Å². The van der Waals surface area contributed by atoms with Gasteiger partial charge in [0, 0.05) is 56.2 Å². The smallest absolute Gasteiger partial charge is 0.162 e.